The lowest BCUT2D eigenvalue weighted by atomic mass is 9.94. The Labute approximate surface area is 239 Å². The molecule has 1 unspecified atom stereocenters. The number of hydrogen-bond donors (Lipinski definition) is 1. The lowest BCUT2D eigenvalue weighted by Gasteiger charge is -2.39. The summed E-state index contributed by atoms with van der Waals surface area (Å²) in [6.45, 7) is 8.64. The van der Waals surface area contributed by atoms with Crippen LogP contribution in [0.4, 0.5) is 0 Å². The zero-order valence-corrected chi connectivity index (χ0v) is 23.8. The van der Waals surface area contributed by atoms with E-state index in [0.29, 0.717) is 5.56 Å². The zero-order valence-electron chi connectivity index (χ0n) is 23.8. The van der Waals surface area contributed by atoms with Crippen molar-refractivity contribution in [1.29, 1.82) is 0 Å². The highest BCUT2D eigenvalue weighted by atomic mass is 16.7. The first-order chi connectivity index (χ1) is 20.0. The molecule has 1 atom stereocenters. The summed E-state index contributed by atoms with van der Waals surface area (Å²) in [5.41, 5.74) is 4.99. The maximum atomic E-state index is 13.7. The molecule has 4 heterocycles. The van der Waals surface area contributed by atoms with Gasteiger partial charge in [-0.1, -0.05) is 31.4 Å². The van der Waals surface area contributed by atoms with Gasteiger partial charge in [0.1, 0.15) is 6.04 Å². The van der Waals surface area contributed by atoms with Gasteiger partial charge in [0.15, 0.2) is 17.3 Å². The lowest BCUT2D eigenvalue weighted by Crippen LogP contribution is -2.48. The van der Waals surface area contributed by atoms with E-state index in [1.54, 1.807) is 0 Å². The highest BCUT2D eigenvalue weighted by Gasteiger charge is 2.34. The summed E-state index contributed by atoms with van der Waals surface area (Å²) in [4.78, 5) is 21.8. The van der Waals surface area contributed by atoms with Crippen LogP contribution in [0.5, 0.6) is 11.5 Å². The van der Waals surface area contributed by atoms with Gasteiger partial charge in [0.05, 0.1) is 6.04 Å². The number of nitrogens with one attached hydrogen (secondary N) is 1. The Balaban J connectivity index is 1.20. The maximum absolute atomic E-state index is 13.7. The smallest absolute Gasteiger partial charge is 0.253 e. The number of nitrogens with zero attached hydrogens (tertiary/aromatic N) is 6. The predicted octanol–water partition coefficient (Wildman–Crippen LogP) is 4.27. The van der Waals surface area contributed by atoms with Gasteiger partial charge in [0.25, 0.3) is 5.56 Å². The monoisotopic (exact) mass is 555 g/mol. The molecule has 2 aromatic carbocycles. The molecule has 41 heavy (non-hydrogen) atoms. The van der Waals surface area contributed by atoms with E-state index in [1.807, 2.05) is 16.8 Å². The molecule has 3 aliphatic rings. The fraction of sp³-hybridized carbons (Fsp3) is 0.484. The van der Waals surface area contributed by atoms with Crippen molar-refractivity contribution >= 4 is 10.9 Å². The fourth-order valence-electron chi connectivity index (χ4n) is 6.83. The van der Waals surface area contributed by atoms with Crippen LogP contribution in [0.25, 0.3) is 10.9 Å². The number of aromatic nitrogens is 5. The van der Waals surface area contributed by atoms with E-state index in [-0.39, 0.29) is 24.4 Å². The summed E-state index contributed by atoms with van der Waals surface area (Å²) in [6, 6.07) is 12.4. The van der Waals surface area contributed by atoms with Crippen LogP contribution in [-0.4, -0.2) is 68.0 Å². The molecule has 0 amide bonds. The van der Waals surface area contributed by atoms with E-state index >= 15 is 0 Å². The summed E-state index contributed by atoms with van der Waals surface area (Å²) in [5.74, 6) is 2.40. The van der Waals surface area contributed by atoms with Crippen molar-refractivity contribution in [1.82, 2.24) is 35.0 Å². The van der Waals surface area contributed by atoms with Gasteiger partial charge in [-0.05, 0) is 78.1 Å². The number of hydrogen-bond acceptors (Lipinski definition) is 8. The van der Waals surface area contributed by atoms with Gasteiger partial charge in [-0.2, -0.15) is 0 Å². The molecule has 0 bridgehead atoms. The van der Waals surface area contributed by atoms with E-state index in [4.69, 9.17) is 9.47 Å². The third kappa shape index (κ3) is 5.10. The number of ether oxygens (including phenoxy) is 2. The molecule has 1 aliphatic carbocycles. The molecular formula is C31H37N7O3. The van der Waals surface area contributed by atoms with Crippen molar-refractivity contribution in [2.45, 2.75) is 64.6 Å². The Morgan fingerprint density at radius 1 is 0.976 bits per heavy atom. The number of piperazine rings is 1. The molecule has 2 fully saturated rings. The molecule has 2 aliphatic heterocycles. The molecule has 2 aromatic heterocycles. The average molecular weight is 556 g/mol. The first-order valence-corrected chi connectivity index (χ1v) is 14.8. The molecule has 0 spiro atoms. The standard InChI is InChI=1S/C31H37N7O3/c1-20-14-21(2)24-17-25(31(39)32-26(24)15-20)29(30-33-34-35-38(30)23-6-4-3-5-7-23)37-12-10-36(11-13-37)18-22-8-9-27-28(16-22)41-19-40-27/h8-9,14-17,23,29H,3-7,10-13,18-19H2,1-2H3,(H,32,39). The second-order valence-corrected chi connectivity index (χ2v) is 11.8. The van der Waals surface area contributed by atoms with Gasteiger partial charge in [0.2, 0.25) is 6.79 Å². The largest absolute Gasteiger partial charge is 0.454 e. The maximum Gasteiger partial charge on any atom is 0.253 e. The molecule has 0 radical (unpaired) electrons. The predicted molar refractivity (Wildman–Crippen MR) is 155 cm³/mol. The summed E-state index contributed by atoms with van der Waals surface area (Å²) < 4.78 is 13.1. The molecule has 1 N–H and O–H groups in total. The van der Waals surface area contributed by atoms with Crippen LogP contribution in [0.2, 0.25) is 0 Å². The van der Waals surface area contributed by atoms with Crippen LogP contribution >= 0.6 is 0 Å². The van der Waals surface area contributed by atoms with Crippen molar-refractivity contribution in [3.63, 3.8) is 0 Å². The van der Waals surface area contributed by atoms with Gasteiger partial charge < -0.3 is 14.5 Å². The highest BCUT2D eigenvalue weighted by molar-refractivity contribution is 5.83. The number of H-pyrrole nitrogens is 1. The quantitative estimate of drug-likeness (QED) is 0.376. The lowest BCUT2D eigenvalue weighted by molar-refractivity contribution is 0.0982. The van der Waals surface area contributed by atoms with E-state index in [0.717, 1.165) is 84.9 Å². The van der Waals surface area contributed by atoms with Crippen molar-refractivity contribution in [3.8, 4) is 11.5 Å². The van der Waals surface area contributed by atoms with Crippen molar-refractivity contribution in [2.24, 2.45) is 0 Å². The van der Waals surface area contributed by atoms with Crippen LogP contribution in [0.15, 0.2) is 41.2 Å². The van der Waals surface area contributed by atoms with Crippen molar-refractivity contribution in [3.05, 3.63) is 74.8 Å². The number of fused-ring (bicyclic) bond motifs is 2. The summed E-state index contributed by atoms with van der Waals surface area (Å²) in [6.07, 6.45) is 5.76. The Morgan fingerprint density at radius 2 is 1.78 bits per heavy atom. The number of tetrazole rings is 1. The number of pyridine rings is 1. The number of rotatable bonds is 6. The average Bonchev–Trinajstić information content (AvgIpc) is 3.65. The van der Waals surface area contributed by atoms with Gasteiger partial charge in [0, 0.05) is 49.2 Å². The second-order valence-electron chi connectivity index (χ2n) is 11.8. The first kappa shape index (κ1) is 26.2. The normalized spacial score (nSPS) is 19.2. The fourth-order valence-corrected chi connectivity index (χ4v) is 6.83. The third-order valence-electron chi connectivity index (χ3n) is 8.93. The van der Waals surface area contributed by atoms with Crippen LogP contribution in [-0.2, 0) is 6.54 Å². The van der Waals surface area contributed by atoms with Crippen LogP contribution in [0.1, 0.15) is 72.3 Å². The zero-order chi connectivity index (χ0) is 27.9. The number of aromatic amines is 1. The minimum Gasteiger partial charge on any atom is -0.454 e. The minimum atomic E-state index is -0.325. The molecular weight excluding hydrogens is 518 g/mol. The van der Waals surface area contributed by atoms with Crippen molar-refractivity contribution in [2.75, 3.05) is 33.0 Å². The molecule has 10 nitrogen and oxygen atoms in total. The van der Waals surface area contributed by atoms with Gasteiger partial charge in [-0.25, -0.2) is 4.68 Å². The van der Waals surface area contributed by atoms with Crippen molar-refractivity contribution < 1.29 is 9.47 Å². The number of benzene rings is 2. The van der Waals surface area contributed by atoms with Gasteiger partial charge in [-0.15, -0.1) is 5.10 Å². The molecule has 214 valence electrons. The van der Waals surface area contributed by atoms with Crippen LogP contribution in [0, 0.1) is 13.8 Å². The van der Waals surface area contributed by atoms with E-state index in [2.05, 4.69) is 68.4 Å². The van der Waals surface area contributed by atoms with Gasteiger partial charge in [-0.3, -0.25) is 14.6 Å². The van der Waals surface area contributed by atoms with Crippen LogP contribution < -0.4 is 15.0 Å². The SMILES string of the molecule is Cc1cc(C)c2cc(C(c3nnnn3C3CCCCC3)N3CCN(Cc4ccc5c(c4)OCO5)CC3)c(=O)[nH]c2c1. The molecule has 4 aromatic rings. The second kappa shape index (κ2) is 10.9. The van der Waals surface area contributed by atoms with E-state index in [9.17, 15) is 4.79 Å². The third-order valence-corrected chi connectivity index (χ3v) is 8.93. The Hall–Kier alpha value is -3.76. The number of aryl methyl sites for hydroxylation is 2. The first-order valence-electron chi connectivity index (χ1n) is 14.8. The topological polar surface area (TPSA) is 101 Å². The summed E-state index contributed by atoms with van der Waals surface area (Å²) in [7, 11) is 0. The summed E-state index contributed by atoms with van der Waals surface area (Å²) in [5, 5.41) is 14.3. The highest BCUT2D eigenvalue weighted by Crippen LogP contribution is 2.35. The Kier molecular flexibility index (Phi) is 6.96. The van der Waals surface area contributed by atoms with E-state index < -0.39 is 0 Å². The molecule has 7 rings (SSSR count). The van der Waals surface area contributed by atoms with E-state index in [1.165, 1.54) is 24.8 Å². The summed E-state index contributed by atoms with van der Waals surface area (Å²) >= 11 is 0. The minimum absolute atomic E-state index is 0.0755. The van der Waals surface area contributed by atoms with Crippen LogP contribution in [0.3, 0.4) is 0 Å². The van der Waals surface area contributed by atoms with Gasteiger partial charge >= 0.3 is 0 Å². The molecule has 10 heteroatoms. The Bertz CT molecular complexity index is 1620. The Morgan fingerprint density at radius 3 is 2.61 bits per heavy atom. The molecule has 1 saturated heterocycles. The molecule has 1 saturated carbocycles.